The summed E-state index contributed by atoms with van der Waals surface area (Å²) in [5, 5.41) is 3.39. The van der Waals surface area contributed by atoms with Crippen LogP contribution in [0.4, 0.5) is 0 Å². The maximum Gasteiger partial charge on any atom is 0.193 e. The van der Waals surface area contributed by atoms with Crippen molar-refractivity contribution in [3.05, 3.63) is 0 Å². The number of rotatable bonds is 4. The van der Waals surface area contributed by atoms with Crippen molar-refractivity contribution in [2.45, 2.75) is 46.0 Å². The Labute approximate surface area is 107 Å². The summed E-state index contributed by atoms with van der Waals surface area (Å²) >= 11 is 0. The lowest BCUT2D eigenvalue weighted by Gasteiger charge is -2.31. The molecule has 1 saturated carbocycles. The Morgan fingerprint density at radius 3 is 2.47 bits per heavy atom. The van der Waals surface area contributed by atoms with Crippen molar-refractivity contribution < 1.29 is 0 Å². The highest BCUT2D eigenvalue weighted by Crippen LogP contribution is 2.28. The molecule has 0 heterocycles. The minimum absolute atomic E-state index is 0.858. The second-order valence-electron chi connectivity index (χ2n) is 5.48. The molecule has 1 aliphatic carbocycles. The summed E-state index contributed by atoms with van der Waals surface area (Å²) in [6.07, 6.45) is 6.72. The van der Waals surface area contributed by atoms with Crippen LogP contribution >= 0.6 is 0 Å². The van der Waals surface area contributed by atoms with E-state index in [4.69, 9.17) is 0 Å². The van der Waals surface area contributed by atoms with Crippen molar-refractivity contribution in [1.82, 2.24) is 10.2 Å². The molecular weight excluding hydrogens is 210 g/mol. The van der Waals surface area contributed by atoms with Gasteiger partial charge in [0.05, 0.1) is 0 Å². The van der Waals surface area contributed by atoms with E-state index in [9.17, 15) is 0 Å². The van der Waals surface area contributed by atoms with Crippen molar-refractivity contribution in [1.29, 1.82) is 0 Å². The molecule has 100 valence electrons. The van der Waals surface area contributed by atoms with Crippen LogP contribution in [0.25, 0.3) is 0 Å². The zero-order valence-corrected chi connectivity index (χ0v) is 12.0. The van der Waals surface area contributed by atoms with E-state index in [2.05, 4.69) is 36.1 Å². The van der Waals surface area contributed by atoms with Gasteiger partial charge in [0.1, 0.15) is 0 Å². The lowest BCUT2D eigenvalue weighted by molar-refractivity contribution is 0.250. The molecule has 17 heavy (non-hydrogen) atoms. The molecule has 0 aromatic rings. The molecular formula is C14H29N3. The minimum atomic E-state index is 0.858. The van der Waals surface area contributed by atoms with Gasteiger partial charge in [-0.1, -0.05) is 26.7 Å². The van der Waals surface area contributed by atoms with Crippen molar-refractivity contribution >= 4 is 5.96 Å². The molecule has 1 aliphatic rings. The van der Waals surface area contributed by atoms with Gasteiger partial charge in [-0.3, -0.25) is 4.99 Å². The van der Waals surface area contributed by atoms with E-state index in [0.29, 0.717) is 0 Å². The zero-order chi connectivity index (χ0) is 12.7. The standard InChI is InChI=1S/C14H29N3/c1-5-10-16-14(15-3)17(4)11-13-8-6-12(2)7-9-13/h12-13H,5-11H2,1-4H3,(H,15,16). The SMILES string of the molecule is CCCNC(=NC)N(C)CC1CCC(C)CC1. The summed E-state index contributed by atoms with van der Waals surface area (Å²) in [4.78, 5) is 6.63. The number of hydrogen-bond donors (Lipinski definition) is 1. The van der Waals surface area contributed by atoms with Crippen molar-refractivity contribution in [2.24, 2.45) is 16.8 Å². The first kappa shape index (κ1) is 14.3. The molecule has 0 bridgehead atoms. The van der Waals surface area contributed by atoms with Crippen LogP contribution in [0, 0.1) is 11.8 Å². The molecule has 3 nitrogen and oxygen atoms in total. The van der Waals surface area contributed by atoms with Crippen LogP contribution in [0.5, 0.6) is 0 Å². The highest BCUT2D eigenvalue weighted by atomic mass is 15.3. The molecule has 3 heteroatoms. The van der Waals surface area contributed by atoms with Gasteiger partial charge in [0.25, 0.3) is 0 Å². The molecule has 0 aliphatic heterocycles. The van der Waals surface area contributed by atoms with E-state index in [0.717, 1.165) is 37.3 Å². The average Bonchev–Trinajstić information content (AvgIpc) is 2.33. The van der Waals surface area contributed by atoms with Gasteiger partial charge in [-0.15, -0.1) is 0 Å². The third-order valence-corrected chi connectivity index (χ3v) is 3.77. The van der Waals surface area contributed by atoms with Gasteiger partial charge in [0.2, 0.25) is 0 Å². The molecule has 0 radical (unpaired) electrons. The fraction of sp³-hybridized carbons (Fsp3) is 0.929. The van der Waals surface area contributed by atoms with Gasteiger partial charge in [-0.25, -0.2) is 0 Å². The van der Waals surface area contributed by atoms with Crippen LogP contribution in [-0.4, -0.2) is 38.0 Å². The van der Waals surface area contributed by atoms with Crippen molar-refractivity contribution in [3.8, 4) is 0 Å². The third-order valence-electron chi connectivity index (χ3n) is 3.77. The van der Waals surface area contributed by atoms with Crippen LogP contribution in [0.3, 0.4) is 0 Å². The van der Waals surface area contributed by atoms with E-state index < -0.39 is 0 Å². The number of guanidine groups is 1. The summed E-state index contributed by atoms with van der Waals surface area (Å²) in [5.74, 6) is 2.84. The van der Waals surface area contributed by atoms with Crippen LogP contribution < -0.4 is 5.32 Å². The van der Waals surface area contributed by atoms with Gasteiger partial charge in [-0.05, 0) is 31.1 Å². The molecule has 0 spiro atoms. The molecule has 0 aromatic carbocycles. The predicted molar refractivity (Wildman–Crippen MR) is 75.4 cm³/mol. The highest BCUT2D eigenvalue weighted by molar-refractivity contribution is 5.79. The Morgan fingerprint density at radius 1 is 1.29 bits per heavy atom. The fourth-order valence-electron chi connectivity index (χ4n) is 2.61. The Hall–Kier alpha value is -0.730. The van der Waals surface area contributed by atoms with Gasteiger partial charge in [-0.2, -0.15) is 0 Å². The zero-order valence-electron chi connectivity index (χ0n) is 12.0. The van der Waals surface area contributed by atoms with E-state index >= 15 is 0 Å². The third kappa shape index (κ3) is 4.97. The van der Waals surface area contributed by atoms with Crippen LogP contribution in [0.1, 0.15) is 46.0 Å². The predicted octanol–water partition coefficient (Wildman–Crippen LogP) is 2.73. The Kier molecular flexibility index (Phi) is 6.38. The Balaban J connectivity index is 2.34. The summed E-state index contributed by atoms with van der Waals surface area (Å²) in [6, 6.07) is 0. The number of hydrogen-bond acceptors (Lipinski definition) is 1. The first-order valence-corrected chi connectivity index (χ1v) is 7.09. The van der Waals surface area contributed by atoms with Crippen LogP contribution in [0.15, 0.2) is 4.99 Å². The normalized spacial score (nSPS) is 25.8. The van der Waals surface area contributed by atoms with Crippen molar-refractivity contribution in [2.75, 3.05) is 27.2 Å². The molecule has 0 aromatic heterocycles. The molecule has 0 atom stereocenters. The van der Waals surface area contributed by atoms with Crippen LogP contribution in [-0.2, 0) is 0 Å². The lowest BCUT2D eigenvalue weighted by atomic mass is 9.83. The largest absolute Gasteiger partial charge is 0.356 e. The minimum Gasteiger partial charge on any atom is -0.356 e. The number of nitrogens with one attached hydrogen (secondary N) is 1. The molecule has 1 rings (SSSR count). The van der Waals surface area contributed by atoms with E-state index in [1.54, 1.807) is 0 Å². The maximum absolute atomic E-state index is 4.34. The molecule has 0 unspecified atom stereocenters. The van der Waals surface area contributed by atoms with Crippen LogP contribution in [0.2, 0.25) is 0 Å². The van der Waals surface area contributed by atoms with Crippen molar-refractivity contribution in [3.63, 3.8) is 0 Å². The monoisotopic (exact) mass is 239 g/mol. The molecule has 0 amide bonds. The topological polar surface area (TPSA) is 27.6 Å². The average molecular weight is 239 g/mol. The van der Waals surface area contributed by atoms with E-state index in [1.807, 2.05) is 7.05 Å². The number of aliphatic imine (C=N–C) groups is 1. The highest BCUT2D eigenvalue weighted by Gasteiger charge is 2.20. The quantitative estimate of drug-likeness (QED) is 0.603. The Morgan fingerprint density at radius 2 is 1.94 bits per heavy atom. The molecule has 1 N–H and O–H groups in total. The second kappa shape index (κ2) is 7.57. The second-order valence-corrected chi connectivity index (χ2v) is 5.48. The summed E-state index contributed by atoms with van der Waals surface area (Å²) < 4.78 is 0. The molecule has 1 fully saturated rings. The van der Waals surface area contributed by atoms with E-state index in [-0.39, 0.29) is 0 Å². The van der Waals surface area contributed by atoms with Gasteiger partial charge in [0, 0.05) is 27.2 Å². The van der Waals surface area contributed by atoms with Gasteiger partial charge in [0.15, 0.2) is 5.96 Å². The fourth-order valence-corrected chi connectivity index (χ4v) is 2.61. The lowest BCUT2D eigenvalue weighted by Crippen LogP contribution is -2.42. The van der Waals surface area contributed by atoms with E-state index in [1.165, 1.54) is 25.7 Å². The summed E-state index contributed by atoms with van der Waals surface area (Å²) in [7, 11) is 4.03. The Bertz CT molecular complexity index is 230. The first-order chi connectivity index (χ1) is 8.17. The smallest absolute Gasteiger partial charge is 0.193 e. The van der Waals surface area contributed by atoms with Gasteiger partial charge < -0.3 is 10.2 Å². The molecule has 0 saturated heterocycles. The number of nitrogens with zero attached hydrogens (tertiary/aromatic N) is 2. The summed E-state index contributed by atoms with van der Waals surface area (Å²) in [6.45, 7) is 6.72. The first-order valence-electron chi connectivity index (χ1n) is 7.09. The maximum atomic E-state index is 4.34. The summed E-state index contributed by atoms with van der Waals surface area (Å²) in [5.41, 5.74) is 0. The van der Waals surface area contributed by atoms with Gasteiger partial charge >= 0.3 is 0 Å².